The fraction of sp³-hybridized carbons (Fsp3) is 0.278. The maximum atomic E-state index is 12.7. The number of hydrogen-bond acceptors (Lipinski definition) is 4. The van der Waals surface area contributed by atoms with E-state index in [1.165, 1.54) is 18.2 Å². The third-order valence-electron chi connectivity index (χ3n) is 4.37. The predicted octanol–water partition coefficient (Wildman–Crippen LogP) is 3.00. The molecule has 0 bridgehead atoms. The number of hydrogen-bond donors (Lipinski definition) is 2. The van der Waals surface area contributed by atoms with E-state index in [9.17, 15) is 13.2 Å². The van der Waals surface area contributed by atoms with Gasteiger partial charge in [0, 0.05) is 30.2 Å². The van der Waals surface area contributed by atoms with Crippen molar-refractivity contribution in [1.82, 2.24) is 10.2 Å². The van der Waals surface area contributed by atoms with E-state index in [0.717, 1.165) is 19.5 Å². The number of anilines is 1. The lowest BCUT2D eigenvalue weighted by Gasteiger charge is -2.24. The fourth-order valence-corrected chi connectivity index (χ4v) is 4.19. The minimum Gasteiger partial charge on any atom is -0.337 e. The summed E-state index contributed by atoms with van der Waals surface area (Å²) < 4.78 is 27.7. The van der Waals surface area contributed by atoms with E-state index in [1.54, 1.807) is 42.3 Å². The van der Waals surface area contributed by atoms with E-state index in [-0.39, 0.29) is 29.3 Å². The Morgan fingerprint density at radius 2 is 1.96 bits per heavy atom. The Kier molecular flexibility index (Phi) is 7.11. The summed E-state index contributed by atoms with van der Waals surface area (Å²) >= 11 is 5.89. The summed E-state index contributed by atoms with van der Waals surface area (Å²) in [6.45, 7) is 1.62. The van der Waals surface area contributed by atoms with Gasteiger partial charge in [-0.05, 0) is 49.4 Å². The van der Waals surface area contributed by atoms with Crippen LogP contribution in [0.1, 0.15) is 16.8 Å². The molecule has 0 radical (unpaired) electrons. The van der Waals surface area contributed by atoms with Gasteiger partial charge in [0.2, 0.25) is 0 Å². The van der Waals surface area contributed by atoms with Crippen molar-refractivity contribution in [3.63, 3.8) is 0 Å². The van der Waals surface area contributed by atoms with Crippen LogP contribution >= 0.6 is 24.0 Å². The van der Waals surface area contributed by atoms with Crippen LogP contribution in [0.3, 0.4) is 0 Å². The summed E-state index contributed by atoms with van der Waals surface area (Å²) in [5.41, 5.74) is 0.705. The van der Waals surface area contributed by atoms with Crippen molar-refractivity contribution < 1.29 is 13.2 Å². The topological polar surface area (TPSA) is 78.5 Å². The molecule has 0 spiro atoms. The number of likely N-dealkylation sites (N-methyl/N-ethyl adjacent to an activating group) is 1. The third-order valence-corrected chi connectivity index (χ3v) is 5.98. The van der Waals surface area contributed by atoms with Gasteiger partial charge in [-0.1, -0.05) is 23.7 Å². The molecule has 1 heterocycles. The van der Waals surface area contributed by atoms with Crippen molar-refractivity contribution in [3.05, 3.63) is 59.1 Å². The average Bonchev–Trinajstić information content (AvgIpc) is 3.15. The highest BCUT2D eigenvalue weighted by molar-refractivity contribution is 7.92. The molecule has 2 aromatic rings. The van der Waals surface area contributed by atoms with Crippen LogP contribution < -0.4 is 10.0 Å². The monoisotopic (exact) mass is 429 g/mol. The number of nitrogens with one attached hydrogen (secondary N) is 2. The first-order chi connectivity index (χ1) is 12.4. The van der Waals surface area contributed by atoms with E-state index < -0.39 is 10.0 Å². The van der Waals surface area contributed by atoms with E-state index in [4.69, 9.17) is 11.6 Å². The van der Waals surface area contributed by atoms with Crippen LogP contribution in [-0.4, -0.2) is 45.4 Å². The first-order valence-electron chi connectivity index (χ1n) is 8.23. The van der Waals surface area contributed by atoms with Crippen molar-refractivity contribution in [2.75, 3.05) is 24.9 Å². The normalized spacial score (nSPS) is 16.4. The molecule has 1 amide bonds. The summed E-state index contributed by atoms with van der Waals surface area (Å²) in [7, 11) is -2.08. The van der Waals surface area contributed by atoms with Crippen LogP contribution in [0.2, 0.25) is 5.02 Å². The van der Waals surface area contributed by atoms with Gasteiger partial charge in [0.1, 0.15) is 0 Å². The molecule has 27 heavy (non-hydrogen) atoms. The smallest absolute Gasteiger partial charge is 0.261 e. The number of benzene rings is 2. The number of sulfonamides is 1. The minimum absolute atomic E-state index is 0. The molecule has 3 rings (SSSR count). The van der Waals surface area contributed by atoms with Gasteiger partial charge in [0.05, 0.1) is 10.6 Å². The molecule has 146 valence electrons. The fourth-order valence-electron chi connectivity index (χ4n) is 2.90. The Morgan fingerprint density at radius 3 is 2.63 bits per heavy atom. The molecule has 1 saturated heterocycles. The summed E-state index contributed by atoms with van der Waals surface area (Å²) in [6.07, 6.45) is 0.885. The van der Waals surface area contributed by atoms with Crippen LogP contribution in [0.25, 0.3) is 0 Å². The van der Waals surface area contributed by atoms with Gasteiger partial charge in [0.15, 0.2) is 0 Å². The maximum absolute atomic E-state index is 12.7. The quantitative estimate of drug-likeness (QED) is 0.765. The Hall–Kier alpha value is -1.80. The summed E-state index contributed by atoms with van der Waals surface area (Å²) in [5, 5.41) is 3.65. The van der Waals surface area contributed by atoms with Crippen molar-refractivity contribution in [2.24, 2.45) is 0 Å². The first kappa shape index (κ1) is 21.5. The molecule has 1 fully saturated rings. The molecule has 0 aliphatic carbocycles. The number of halogens is 2. The van der Waals surface area contributed by atoms with Gasteiger partial charge >= 0.3 is 0 Å². The van der Waals surface area contributed by atoms with Crippen LogP contribution in [0.15, 0.2) is 53.4 Å². The van der Waals surface area contributed by atoms with Crippen molar-refractivity contribution in [1.29, 1.82) is 0 Å². The molecule has 1 unspecified atom stereocenters. The molecule has 0 aromatic heterocycles. The molecule has 2 aromatic carbocycles. The lowest BCUT2D eigenvalue weighted by atomic mass is 10.1. The van der Waals surface area contributed by atoms with E-state index in [2.05, 4.69) is 10.0 Å². The Bertz CT molecular complexity index is 916. The van der Waals surface area contributed by atoms with Crippen LogP contribution in [0.4, 0.5) is 5.69 Å². The van der Waals surface area contributed by atoms with Gasteiger partial charge in [-0.25, -0.2) is 8.42 Å². The van der Waals surface area contributed by atoms with Crippen LogP contribution in [0.5, 0.6) is 0 Å². The Balaban J connectivity index is 0.00000261. The minimum atomic E-state index is -3.82. The largest absolute Gasteiger partial charge is 0.337 e. The zero-order valence-electron chi connectivity index (χ0n) is 14.7. The summed E-state index contributed by atoms with van der Waals surface area (Å²) in [6, 6.07) is 12.6. The van der Waals surface area contributed by atoms with Crippen molar-refractivity contribution >= 4 is 45.6 Å². The standard InChI is InChI=1S/C18H20ClN3O3S.ClH/c1-22(16-8-9-20-12-16)18(23)13-4-2-7-17(10-13)26(24,25)21-15-6-3-5-14(19)11-15;/h2-7,10-11,16,20-21H,8-9,12H2,1H3;1H. The number of nitrogens with zero attached hydrogens (tertiary/aromatic N) is 1. The lowest BCUT2D eigenvalue weighted by Crippen LogP contribution is -2.38. The molecule has 0 saturated carbocycles. The molecule has 9 heteroatoms. The first-order valence-corrected chi connectivity index (χ1v) is 10.1. The highest BCUT2D eigenvalue weighted by Crippen LogP contribution is 2.21. The maximum Gasteiger partial charge on any atom is 0.261 e. The molecule has 2 N–H and O–H groups in total. The Morgan fingerprint density at radius 1 is 1.22 bits per heavy atom. The number of amides is 1. The highest BCUT2D eigenvalue weighted by atomic mass is 35.5. The second-order valence-corrected chi connectivity index (χ2v) is 8.33. The summed E-state index contributed by atoms with van der Waals surface area (Å²) in [4.78, 5) is 14.4. The zero-order valence-corrected chi connectivity index (χ0v) is 17.1. The molecule has 6 nitrogen and oxygen atoms in total. The highest BCUT2D eigenvalue weighted by Gasteiger charge is 2.25. The van der Waals surface area contributed by atoms with Crippen molar-refractivity contribution in [3.8, 4) is 0 Å². The number of carbonyl (C=O) groups is 1. The lowest BCUT2D eigenvalue weighted by molar-refractivity contribution is 0.0743. The molecular weight excluding hydrogens is 409 g/mol. The van der Waals surface area contributed by atoms with E-state index in [0.29, 0.717) is 16.3 Å². The number of carbonyl (C=O) groups excluding carboxylic acids is 1. The molecular formula is C18H21Cl2N3O3S. The molecule has 1 aliphatic heterocycles. The number of rotatable bonds is 5. The Labute approximate surface area is 170 Å². The van der Waals surface area contributed by atoms with E-state index >= 15 is 0 Å². The second kappa shape index (κ2) is 8.93. The van der Waals surface area contributed by atoms with Crippen LogP contribution in [0, 0.1) is 0 Å². The average molecular weight is 430 g/mol. The predicted molar refractivity (Wildman–Crippen MR) is 109 cm³/mol. The summed E-state index contributed by atoms with van der Waals surface area (Å²) in [5.74, 6) is -0.196. The van der Waals surface area contributed by atoms with Crippen LogP contribution in [-0.2, 0) is 10.0 Å². The van der Waals surface area contributed by atoms with Gasteiger partial charge in [0.25, 0.3) is 15.9 Å². The van der Waals surface area contributed by atoms with Gasteiger partial charge in [-0.3, -0.25) is 9.52 Å². The SMILES string of the molecule is CN(C(=O)c1cccc(S(=O)(=O)Nc2cccc(Cl)c2)c1)C1CCNC1.Cl. The molecule has 1 aliphatic rings. The van der Waals surface area contributed by atoms with Gasteiger partial charge in [-0.2, -0.15) is 0 Å². The zero-order chi connectivity index (χ0) is 18.7. The molecule has 1 atom stereocenters. The van der Waals surface area contributed by atoms with Gasteiger partial charge in [-0.15, -0.1) is 12.4 Å². The van der Waals surface area contributed by atoms with Crippen molar-refractivity contribution in [2.45, 2.75) is 17.4 Å². The van der Waals surface area contributed by atoms with Gasteiger partial charge < -0.3 is 10.2 Å². The third kappa shape index (κ3) is 5.13. The van der Waals surface area contributed by atoms with E-state index in [1.807, 2.05) is 0 Å². The second-order valence-electron chi connectivity index (χ2n) is 6.21.